The predicted octanol–water partition coefficient (Wildman–Crippen LogP) is 7.99. The van der Waals surface area contributed by atoms with Crippen molar-refractivity contribution < 1.29 is 9.47 Å². The van der Waals surface area contributed by atoms with Crippen molar-refractivity contribution in [2.24, 2.45) is 51.8 Å². The van der Waals surface area contributed by atoms with Gasteiger partial charge in [0.05, 0.1) is 11.5 Å². The summed E-state index contributed by atoms with van der Waals surface area (Å²) in [6.07, 6.45) is 14.7. The first-order valence-corrected chi connectivity index (χ1v) is 14.1. The van der Waals surface area contributed by atoms with Crippen LogP contribution < -0.4 is 0 Å². The number of methoxy groups -OCH3 is 2. The second kappa shape index (κ2) is 9.13. The molecule has 0 aromatic rings. The fraction of sp³-hybridized carbons (Fsp3) is 0.967. The molecule has 4 saturated carbocycles. The van der Waals surface area contributed by atoms with Crippen molar-refractivity contribution >= 4 is 0 Å². The molecule has 188 valence electrons. The minimum Gasteiger partial charge on any atom is -0.353 e. The zero-order chi connectivity index (χ0) is 24.1. The molecular weight excluding hydrogens is 406 g/mol. The number of hydrogen-bond acceptors (Lipinski definition) is 3. The van der Waals surface area contributed by atoms with E-state index in [-0.39, 0.29) is 10.8 Å². The van der Waals surface area contributed by atoms with Crippen molar-refractivity contribution in [2.75, 3.05) is 14.2 Å². The maximum absolute atomic E-state index is 10.6. The quantitative estimate of drug-likeness (QED) is 0.364. The lowest BCUT2D eigenvalue weighted by atomic mass is 9.39. The Morgan fingerprint density at radius 2 is 1.61 bits per heavy atom. The van der Waals surface area contributed by atoms with E-state index in [9.17, 15) is 5.26 Å². The highest BCUT2D eigenvalue weighted by Crippen LogP contribution is 2.72. The first kappa shape index (κ1) is 25.5. The number of hydrogen-bond donors (Lipinski definition) is 0. The highest BCUT2D eigenvalue weighted by Gasteiger charge is 2.67. The number of rotatable bonds is 7. The van der Waals surface area contributed by atoms with Gasteiger partial charge in [-0.3, -0.25) is 0 Å². The second-order valence-electron chi connectivity index (χ2n) is 13.6. The summed E-state index contributed by atoms with van der Waals surface area (Å²) >= 11 is 0. The SMILES string of the molecule is COC1(OC)CC[C@]2(C)[C@H]3CC[C@]4(C)[C@@H]([C@H](C)CCCC(C)C)CC[C@H]4[C@@H]3CC[C@]2(C#N)C1. The molecule has 3 nitrogen and oxygen atoms in total. The molecule has 0 radical (unpaired) electrons. The molecule has 0 saturated heterocycles. The van der Waals surface area contributed by atoms with Gasteiger partial charge in [0, 0.05) is 27.1 Å². The molecule has 4 fully saturated rings. The van der Waals surface area contributed by atoms with Crippen LogP contribution >= 0.6 is 0 Å². The average Bonchev–Trinajstić information content (AvgIpc) is 3.15. The third-order valence-corrected chi connectivity index (χ3v) is 12.0. The van der Waals surface area contributed by atoms with Crippen LogP contribution in [0.15, 0.2) is 0 Å². The van der Waals surface area contributed by atoms with E-state index in [4.69, 9.17) is 9.47 Å². The lowest BCUT2D eigenvalue weighted by Crippen LogP contribution is -2.61. The van der Waals surface area contributed by atoms with Crippen molar-refractivity contribution in [3.05, 3.63) is 0 Å². The van der Waals surface area contributed by atoms with Gasteiger partial charge in [0.25, 0.3) is 0 Å². The first-order chi connectivity index (χ1) is 15.6. The van der Waals surface area contributed by atoms with Crippen LogP contribution in [0.3, 0.4) is 0 Å². The summed E-state index contributed by atoms with van der Waals surface area (Å²) in [5.74, 6) is 4.35. The van der Waals surface area contributed by atoms with Gasteiger partial charge in [-0.1, -0.05) is 53.9 Å². The molecule has 0 heterocycles. The number of ether oxygens (including phenoxy) is 2. The monoisotopic (exact) mass is 457 g/mol. The van der Waals surface area contributed by atoms with Crippen LogP contribution in [0.25, 0.3) is 0 Å². The summed E-state index contributed by atoms with van der Waals surface area (Å²) in [7, 11) is 3.52. The summed E-state index contributed by atoms with van der Waals surface area (Å²) < 4.78 is 11.8. The molecule has 3 heteroatoms. The molecule has 0 N–H and O–H groups in total. The highest BCUT2D eigenvalue weighted by atomic mass is 16.7. The summed E-state index contributed by atoms with van der Waals surface area (Å²) in [6, 6.07) is 2.88. The van der Waals surface area contributed by atoms with Gasteiger partial charge in [-0.15, -0.1) is 0 Å². The highest BCUT2D eigenvalue weighted by molar-refractivity contribution is 5.20. The van der Waals surface area contributed by atoms with E-state index in [0.29, 0.717) is 11.3 Å². The molecule has 0 amide bonds. The van der Waals surface area contributed by atoms with Crippen molar-refractivity contribution in [2.45, 2.75) is 117 Å². The van der Waals surface area contributed by atoms with E-state index in [1.807, 2.05) is 0 Å². The fourth-order valence-electron chi connectivity index (χ4n) is 9.93. The van der Waals surface area contributed by atoms with Gasteiger partial charge in [0.15, 0.2) is 5.79 Å². The molecular formula is C30H51NO2. The fourth-order valence-corrected chi connectivity index (χ4v) is 9.93. The Labute approximate surface area is 204 Å². The van der Waals surface area contributed by atoms with Crippen LogP contribution in [-0.2, 0) is 9.47 Å². The summed E-state index contributed by atoms with van der Waals surface area (Å²) in [5, 5.41) is 10.6. The van der Waals surface area contributed by atoms with E-state index in [2.05, 4.69) is 40.7 Å². The van der Waals surface area contributed by atoms with E-state index >= 15 is 0 Å². The second-order valence-corrected chi connectivity index (χ2v) is 13.6. The van der Waals surface area contributed by atoms with Gasteiger partial charge in [-0.25, -0.2) is 0 Å². The van der Waals surface area contributed by atoms with Crippen LogP contribution in [-0.4, -0.2) is 20.0 Å². The van der Waals surface area contributed by atoms with Gasteiger partial charge in [-0.2, -0.15) is 5.26 Å². The zero-order valence-corrected chi connectivity index (χ0v) is 22.7. The van der Waals surface area contributed by atoms with Crippen molar-refractivity contribution in [1.82, 2.24) is 0 Å². The van der Waals surface area contributed by atoms with Crippen LogP contribution in [0.1, 0.15) is 112 Å². The smallest absolute Gasteiger partial charge is 0.169 e. The first-order valence-electron chi connectivity index (χ1n) is 14.1. The van der Waals surface area contributed by atoms with Crippen LogP contribution in [0.5, 0.6) is 0 Å². The van der Waals surface area contributed by atoms with Gasteiger partial charge >= 0.3 is 0 Å². The van der Waals surface area contributed by atoms with Gasteiger partial charge in [-0.05, 0) is 91.3 Å². The Morgan fingerprint density at radius 3 is 2.24 bits per heavy atom. The van der Waals surface area contributed by atoms with Crippen molar-refractivity contribution in [1.29, 1.82) is 5.26 Å². The third-order valence-electron chi connectivity index (χ3n) is 12.0. The molecule has 0 spiro atoms. The Morgan fingerprint density at radius 1 is 0.879 bits per heavy atom. The zero-order valence-electron chi connectivity index (χ0n) is 22.7. The lowest BCUT2D eigenvalue weighted by molar-refractivity contribution is -0.275. The molecule has 0 aliphatic heterocycles. The molecule has 0 unspecified atom stereocenters. The molecule has 0 aromatic heterocycles. The Hall–Kier alpha value is -0.590. The van der Waals surface area contributed by atoms with E-state index < -0.39 is 5.79 Å². The minimum atomic E-state index is -0.574. The topological polar surface area (TPSA) is 42.2 Å². The summed E-state index contributed by atoms with van der Waals surface area (Å²) in [5.41, 5.74) is 0.292. The molecule has 0 bridgehead atoms. The summed E-state index contributed by atoms with van der Waals surface area (Å²) in [6.45, 7) is 12.4. The number of fused-ring (bicyclic) bond motifs is 5. The number of nitriles is 1. The normalized spacial score (nSPS) is 45.1. The lowest BCUT2D eigenvalue weighted by Gasteiger charge is -2.65. The maximum atomic E-state index is 10.6. The molecule has 4 aliphatic rings. The van der Waals surface area contributed by atoms with Crippen LogP contribution in [0, 0.1) is 63.1 Å². The predicted molar refractivity (Wildman–Crippen MR) is 134 cm³/mol. The van der Waals surface area contributed by atoms with Crippen LogP contribution in [0.4, 0.5) is 0 Å². The molecule has 4 rings (SSSR count). The Bertz CT molecular complexity index is 738. The van der Waals surface area contributed by atoms with E-state index in [1.165, 1.54) is 51.4 Å². The van der Waals surface area contributed by atoms with Gasteiger partial charge < -0.3 is 9.47 Å². The maximum Gasteiger partial charge on any atom is 0.169 e. The number of nitrogens with zero attached hydrogens (tertiary/aromatic N) is 1. The molecule has 33 heavy (non-hydrogen) atoms. The Kier molecular flexibility index (Phi) is 7.05. The Balaban J connectivity index is 1.54. The third kappa shape index (κ3) is 3.91. The summed E-state index contributed by atoms with van der Waals surface area (Å²) in [4.78, 5) is 0. The van der Waals surface area contributed by atoms with Crippen molar-refractivity contribution in [3.63, 3.8) is 0 Å². The largest absolute Gasteiger partial charge is 0.353 e. The van der Waals surface area contributed by atoms with Gasteiger partial charge in [0.2, 0.25) is 0 Å². The molecule has 0 aromatic carbocycles. The standard InChI is InChI=1S/C30H51NO2/c1-21(2)9-8-10-22(3)24-11-12-25-23-13-16-29(20-31)19-30(32-6,33-7)18-17-28(29,5)26(23)14-15-27(24,25)4/h21-26H,8-19H2,1-7H3/t22-,23+,24-,25+,26+,27-,28-,29-/m1/s1. The molecule has 4 aliphatic carbocycles. The average molecular weight is 458 g/mol. The van der Waals surface area contributed by atoms with E-state index in [1.54, 1.807) is 14.2 Å². The van der Waals surface area contributed by atoms with E-state index in [0.717, 1.165) is 55.3 Å². The molecule has 8 atom stereocenters. The minimum absolute atomic E-state index is 0.0908. The van der Waals surface area contributed by atoms with Gasteiger partial charge in [0.1, 0.15) is 0 Å². The van der Waals surface area contributed by atoms with Crippen LogP contribution in [0.2, 0.25) is 0 Å². The van der Waals surface area contributed by atoms with Crippen molar-refractivity contribution in [3.8, 4) is 6.07 Å².